The molecule has 1 unspecified atom stereocenters. The fourth-order valence-electron chi connectivity index (χ4n) is 3.11. The number of hydrogen-bond donors (Lipinski definition) is 1. The standard InChI is InChI=1S/C20H18N4O4/c1-27-16-9-5-6-13(10-16)18(26)21-20-23-22-19(28-20)14-11-17(25)24(12-14)15-7-3-2-4-8-15/h2-10,14H,11-12H2,1H3,(H,21,23,26). The Labute approximate surface area is 161 Å². The van der Waals surface area contributed by atoms with E-state index in [1.54, 1.807) is 29.2 Å². The monoisotopic (exact) mass is 378 g/mol. The molecule has 2 aromatic carbocycles. The Bertz CT molecular complexity index is 1000. The lowest BCUT2D eigenvalue weighted by atomic mass is 10.1. The molecule has 0 radical (unpaired) electrons. The van der Waals surface area contributed by atoms with Crippen LogP contribution in [0.15, 0.2) is 59.0 Å². The van der Waals surface area contributed by atoms with Crippen molar-refractivity contribution in [3.05, 3.63) is 66.1 Å². The summed E-state index contributed by atoms with van der Waals surface area (Å²) in [6.45, 7) is 0.453. The third-order valence-corrected chi connectivity index (χ3v) is 4.54. The summed E-state index contributed by atoms with van der Waals surface area (Å²) in [5.41, 5.74) is 1.24. The summed E-state index contributed by atoms with van der Waals surface area (Å²) in [5, 5.41) is 10.5. The van der Waals surface area contributed by atoms with Crippen molar-refractivity contribution in [3.63, 3.8) is 0 Å². The maximum absolute atomic E-state index is 12.3. The molecule has 4 rings (SSSR count). The number of methoxy groups -OCH3 is 1. The summed E-state index contributed by atoms with van der Waals surface area (Å²) in [5.74, 6) is 0.290. The molecule has 28 heavy (non-hydrogen) atoms. The molecule has 142 valence electrons. The van der Waals surface area contributed by atoms with Crippen LogP contribution in [0.1, 0.15) is 28.6 Å². The topological polar surface area (TPSA) is 97.6 Å². The van der Waals surface area contributed by atoms with Gasteiger partial charge in [-0.15, -0.1) is 5.10 Å². The van der Waals surface area contributed by atoms with E-state index in [0.29, 0.717) is 23.7 Å². The predicted molar refractivity (Wildman–Crippen MR) is 101 cm³/mol. The van der Waals surface area contributed by atoms with Gasteiger partial charge in [-0.2, -0.15) is 0 Å². The van der Waals surface area contributed by atoms with E-state index in [4.69, 9.17) is 9.15 Å². The van der Waals surface area contributed by atoms with Gasteiger partial charge in [0.2, 0.25) is 11.8 Å². The number of aromatic nitrogens is 2. The van der Waals surface area contributed by atoms with Crippen molar-refractivity contribution < 1.29 is 18.7 Å². The number of ether oxygens (including phenoxy) is 1. The molecule has 1 aliphatic rings. The number of rotatable bonds is 5. The van der Waals surface area contributed by atoms with Crippen molar-refractivity contribution in [1.82, 2.24) is 10.2 Å². The molecule has 8 nitrogen and oxygen atoms in total. The Hall–Kier alpha value is -3.68. The minimum Gasteiger partial charge on any atom is -0.497 e. The summed E-state index contributed by atoms with van der Waals surface area (Å²) >= 11 is 0. The SMILES string of the molecule is COc1cccc(C(=O)Nc2nnc(C3CC(=O)N(c4ccccc4)C3)o2)c1. The largest absolute Gasteiger partial charge is 0.497 e. The lowest BCUT2D eigenvalue weighted by molar-refractivity contribution is -0.117. The third-order valence-electron chi connectivity index (χ3n) is 4.54. The van der Waals surface area contributed by atoms with Gasteiger partial charge in [0.1, 0.15) is 5.75 Å². The Morgan fingerprint density at radius 2 is 2.00 bits per heavy atom. The maximum atomic E-state index is 12.3. The molecule has 8 heteroatoms. The van der Waals surface area contributed by atoms with Crippen LogP contribution >= 0.6 is 0 Å². The normalized spacial score (nSPS) is 16.2. The second-order valence-electron chi connectivity index (χ2n) is 6.37. The van der Waals surface area contributed by atoms with Crippen LogP contribution in [0, 0.1) is 0 Å². The lowest BCUT2D eigenvalue weighted by Gasteiger charge is -2.15. The van der Waals surface area contributed by atoms with Gasteiger partial charge in [0.15, 0.2) is 0 Å². The highest BCUT2D eigenvalue weighted by Gasteiger charge is 2.35. The van der Waals surface area contributed by atoms with Gasteiger partial charge in [0.05, 0.1) is 13.0 Å². The first-order chi connectivity index (χ1) is 13.6. The van der Waals surface area contributed by atoms with E-state index in [9.17, 15) is 9.59 Å². The number of carbonyl (C=O) groups excluding carboxylic acids is 2. The van der Waals surface area contributed by atoms with Gasteiger partial charge in [-0.3, -0.25) is 14.9 Å². The van der Waals surface area contributed by atoms with E-state index in [-0.39, 0.29) is 30.2 Å². The molecule has 0 aliphatic carbocycles. The van der Waals surface area contributed by atoms with Gasteiger partial charge in [-0.25, -0.2) is 0 Å². The van der Waals surface area contributed by atoms with Crippen LogP contribution in [-0.2, 0) is 4.79 Å². The zero-order valence-corrected chi connectivity index (χ0v) is 15.2. The Balaban J connectivity index is 1.44. The maximum Gasteiger partial charge on any atom is 0.322 e. The van der Waals surface area contributed by atoms with Gasteiger partial charge in [-0.05, 0) is 30.3 Å². The first kappa shape index (κ1) is 17.7. The first-order valence-electron chi connectivity index (χ1n) is 8.78. The number of benzene rings is 2. The summed E-state index contributed by atoms with van der Waals surface area (Å²) in [6.07, 6.45) is 0.278. The molecule has 1 fully saturated rings. The fraction of sp³-hybridized carbons (Fsp3) is 0.200. The molecule has 1 atom stereocenters. The van der Waals surface area contributed by atoms with Crippen molar-refractivity contribution in [1.29, 1.82) is 0 Å². The summed E-state index contributed by atoms with van der Waals surface area (Å²) in [6, 6.07) is 16.2. The van der Waals surface area contributed by atoms with Crippen molar-refractivity contribution >= 4 is 23.5 Å². The highest BCUT2D eigenvalue weighted by atomic mass is 16.5. The number of para-hydroxylation sites is 1. The van der Waals surface area contributed by atoms with Gasteiger partial charge < -0.3 is 14.1 Å². The summed E-state index contributed by atoms with van der Waals surface area (Å²) in [4.78, 5) is 26.4. The highest BCUT2D eigenvalue weighted by molar-refractivity contribution is 6.03. The van der Waals surface area contributed by atoms with Crippen LogP contribution in [0.25, 0.3) is 0 Å². The number of carbonyl (C=O) groups is 2. The molecule has 0 spiro atoms. The van der Waals surface area contributed by atoms with Crippen LogP contribution in [-0.4, -0.2) is 35.7 Å². The predicted octanol–water partition coefficient (Wildman–Crippen LogP) is 2.85. The van der Waals surface area contributed by atoms with E-state index in [1.165, 1.54) is 7.11 Å². The van der Waals surface area contributed by atoms with Crippen LogP contribution in [0.2, 0.25) is 0 Å². The van der Waals surface area contributed by atoms with Crippen molar-refractivity contribution in [3.8, 4) is 5.75 Å². The number of hydrogen-bond acceptors (Lipinski definition) is 6. The van der Waals surface area contributed by atoms with E-state index >= 15 is 0 Å². The van der Waals surface area contributed by atoms with Crippen LogP contribution < -0.4 is 15.0 Å². The second kappa shape index (κ2) is 7.51. The van der Waals surface area contributed by atoms with E-state index in [1.807, 2.05) is 30.3 Å². The van der Waals surface area contributed by atoms with Gasteiger partial charge >= 0.3 is 6.01 Å². The molecule has 0 bridgehead atoms. The zero-order valence-electron chi connectivity index (χ0n) is 15.2. The molecule has 1 N–H and O–H groups in total. The molecule has 1 aromatic heterocycles. The molecule has 2 heterocycles. The molecular formula is C20H18N4O4. The molecular weight excluding hydrogens is 360 g/mol. The van der Waals surface area contributed by atoms with Gasteiger partial charge in [-0.1, -0.05) is 29.4 Å². The Morgan fingerprint density at radius 1 is 1.18 bits per heavy atom. The van der Waals surface area contributed by atoms with Crippen LogP contribution in [0.4, 0.5) is 11.7 Å². The molecule has 2 amide bonds. The minimum absolute atomic E-state index is 0.00336. The molecule has 1 saturated heterocycles. The van der Waals surface area contributed by atoms with E-state index in [0.717, 1.165) is 5.69 Å². The van der Waals surface area contributed by atoms with Crippen molar-refractivity contribution in [2.24, 2.45) is 0 Å². The molecule has 3 aromatic rings. The molecule has 0 saturated carbocycles. The van der Waals surface area contributed by atoms with E-state index in [2.05, 4.69) is 15.5 Å². The summed E-state index contributed by atoms with van der Waals surface area (Å²) < 4.78 is 10.7. The van der Waals surface area contributed by atoms with Crippen molar-refractivity contribution in [2.75, 3.05) is 23.9 Å². The van der Waals surface area contributed by atoms with Crippen molar-refractivity contribution in [2.45, 2.75) is 12.3 Å². The lowest BCUT2D eigenvalue weighted by Crippen LogP contribution is -2.24. The number of amides is 2. The quantitative estimate of drug-likeness (QED) is 0.733. The average molecular weight is 378 g/mol. The Morgan fingerprint density at radius 3 is 2.79 bits per heavy atom. The summed E-state index contributed by atoms with van der Waals surface area (Å²) in [7, 11) is 1.53. The van der Waals surface area contributed by atoms with Gasteiger partial charge in [0, 0.05) is 24.2 Å². The van der Waals surface area contributed by atoms with Crippen LogP contribution in [0.3, 0.4) is 0 Å². The molecule has 1 aliphatic heterocycles. The Kier molecular flexibility index (Phi) is 4.76. The van der Waals surface area contributed by atoms with Gasteiger partial charge in [0.25, 0.3) is 5.91 Å². The fourth-order valence-corrected chi connectivity index (χ4v) is 3.11. The highest BCUT2D eigenvalue weighted by Crippen LogP contribution is 2.31. The average Bonchev–Trinajstić information content (AvgIpc) is 3.35. The van der Waals surface area contributed by atoms with Crippen LogP contribution in [0.5, 0.6) is 5.75 Å². The smallest absolute Gasteiger partial charge is 0.322 e. The first-order valence-corrected chi connectivity index (χ1v) is 8.78. The number of nitrogens with zero attached hydrogens (tertiary/aromatic N) is 3. The third kappa shape index (κ3) is 3.57. The number of anilines is 2. The number of nitrogens with one attached hydrogen (secondary N) is 1. The zero-order chi connectivity index (χ0) is 19.5. The minimum atomic E-state index is -0.387. The second-order valence-corrected chi connectivity index (χ2v) is 6.37. The van der Waals surface area contributed by atoms with E-state index < -0.39 is 0 Å².